The van der Waals surface area contributed by atoms with Crippen LogP contribution in [0.5, 0.6) is 0 Å². The van der Waals surface area contributed by atoms with Gasteiger partial charge in [0, 0.05) is 18.3 Å². The summed E-state index contributed by atoms with van der Waals surface area (Å²) in [7, 11) is 0. The Morgan fingerprint density at radius 2 is 2.27 bits per heavy atom. The summed E-state index contributed by atoms with van der Waals surface area (Å²) < 4.78 is 2.20. The fourth-order valence-electron chi connectivity index (χ4n) is 1.57. The molecule has 0 saturated heterocycles. The molecule has 0 aliphatic heterocycles. The third-order valence-corrected chi connectivity index (χ3v) is 3.45. The second kappa shape index (κ2) is 6.18. The van der Waals surface area contributed by atoms with Gasteiger partial charge in [-0.05, 0) is 31.8 Å². The summed E-state index contributed by atoms with van der Waals surface area (Å²) in [6, 6.07) is 0.557. The molecule has 0 aromatic carbocycles. The Bertz CT molecular complexity index is 283. The van der Waals surface area contributed by atoms with E-state index in [2.05, 4.69) is 23.4 Å². The Kier molecular flexibility index (Phi) is 5.19. The van der Waals surface area contributed by atoms with Crippen LogP contribution in [0, 0.1) is 0 Å². The van der Waals surface area contributed by atoms with Crippen LogP contribution < -0.4 is 5.73 Å². The number of nitrogens with zero attached hydrogens (tertiary/aromatic N) is 2. The number of thioether (sulfide) groups is 1. The molecule has 86 valence electrons. The van der Waals surface area contributed by atoms with Crippen molar-refractivity contribution < 1.29 is 0 Å². The van der Waals surface area contributed by atoms with Crippen LogP contribution >= 0.6 is 11.8 Å². The van der Waals surface area contributed by atoms with Gasteiger partial charge in [0.25, 0.3) is 0 Å². The first kappa shape index (κ1) is 12.6. The van der Waals surface area contributed by atoms with E-state index in [9.17, 15) is 0 Å². The third-order valence-electron chi connectivity index (χ3n) is 2.52. The highest BCUT2D eigenvalue weighted by molar-refractivity contribution is 7.99. The summed E-state index contributed by atoms with van der Waals surface area (Å²) in [6.45, 7) is 6.42. The normalized spacial score (nSPS) is 15.2. The monoisotopic (exact) mass is 227 g/mol. The number of hydrogen-bond donors (Lipinski definition) is 1. The molecule has 0 radical (unpaired) electrons. The van der Waals surface area contributed by atoms with E-state index in [1.807, 2.05) is 31.2 Å². The molecule has 1 heterocycles. The minimum absolute atomic E-state index is 0.0637. The predicted molar refractivity (Wildman–Crippen MR) is 67.2 cm³/mol. The molecule has 1 unspecified atom stereocenters. The van der Waals surface area contributed by atoms with Crippen molar-refractivity contribution in [3.8, 4) is 0 Å². The molecule has 4 heteroatoms. The Morgan fingerprint density at radius 1 is 1.53 bits per heavy atom. The largest absolute Gasteiger partial charge is 0.330 e. The summed E-state index contributed by atoms with van der Waals surface area (Å²) in [5, 5.41) is 0. The molecule has 0 aliphatic rings. The van der Waals surface area contributed by atoms with E-state index in [1.54, 1.807) is 0 Å². The molecule has 1 aromatic rings. The molecule has 0 aliphatic carbocycles. The highest BCUT2D eigenvalue weighted by atomic mass is 32.2. The number of aromatic nitrogens is 2. The van der Waals surface area contributed by atoms with Crippen molar-refractivity contribution >= 4 is 11.8 Å². The first-order valence-corrected chi connectivity index (χ1v) is 6.67. The van der Waals surface area contributed by atoms with Gasteiger partial charge in [-0.15, -0.1) is 0 Å². The molecule has 2 atom stereocenters. The molecule has 0 spiro atoms. The summed E-state index contributed by atoms with van der Waals surface area (Å²) in [5.41, 5.74) is 7.01. The molecule has 15 heavy (non-hydrogen) atoms. The van der Waals surface area contributed by atoms with Crippen LogP contribution in [0.15, 0.2) is 12.5 Å². The van der Waals surface area contributed by atoms with E-state index in [1.165, 1.54) is 17.9 Å². The minimum atomic E-state index is 0.0637. The van der Waals surface area contributed by atoms with E-state index in [4.69, 9.17) is 5.73 Å². The van der Waals surface area contributed by atoms with Gasteiger partial charge in [-0.1, -0.05) is 6.92 Å². The van der Waals surface area contributed by atoms with E-state index >= 15 is 0 Å². The van der Waals surface area contributed by atoms with Crippen LogP contribution in [0.4, 0.5) is 0 Å². The van der Waals surface area contributed by atoms with Crippen LogP contribution in [0.3, 0.4) is 0 Å². The first-order chi connectivity index (χ1) is 7.16. The Balaban J connectivity index is 2.56. The van der Waals surface area contributed by atoms with Gasteiger partial charge >= 0.3 is 0 Å². The zero-order chi connectivity index (χ0) is 11.3. The maximum absolute atomic E-state index is 5.89. The Morgan fingerprint density at radius 3 is 2.87 bits per heavy atom. The number of rotatable bonds is 6. The lowest BCUT2D eigenvalue weighted by Crippen LogP contribution is -2.15. The Labute approximate surface area is 96.5 Å². The number of hydrogen-bond acceptors (Lipinski definition) is 3. The van der Waals surface area contributed by atoms with Gasteiger partial charge in [0.15, 0.2) is 0 Å². The lowest BCUT2D eigenvalue weighted by Gasteiger charge is -2.17. The summed E-state index contributed by atoms with van der Waals surface area (Å²) >= 11 is 1.98. The molecule has 1 rings (SSSR count). The number of imidazole rings is 1. The molecular weight excluding hydrogens is 206 g/mol. The summed E-state index contributed by atoms with van der Waals surface area (Å²) in [5.74, 6) is 2.39. The van der Waals surface area contributed by atoms with Gasteiger partial charge < -0.3 is 10.3 Å². The SMILES string of the molecule is CCSCCC(C)n1cncc1[C@@H](C)N. The van der Waals surface area contributed by atoms with Crippen LogP contribution in [-0.2, 0) is 0 Å². The molecule has 3 nitrogen and oxygen atoms in total. The fraction of sp³-hybridized carbons (Fsp3) is 0.727. The fourth-order valence-corrected chi connectivity index (χ4v) is 2.37. The van der Waals surface area contributed by atoms with Gasteiger partial charge in [-0.3, -0.25) is 0 Å². The van der Waals surface area contributed by atoms with Gasteiger partial charge in [0.1, 0.15) is 0 Å². The van der Waals surface area contributed by atoms with E-state index in [-0.39, 0.29) is 6.04 Å². The maximum Gasteiger partial charge on any atom is 0.0951 e. The van der Waals surface area contributed by atoms with Crippen molar-refractivity contribution in [2.75, 3.05) is 11.5 Å². The summed E-state index contributed by atoms with van der Waals surface area (Å²) in [4.78, 5) is 4.17. The van der Waals surface area contributed by atoms with Crippen molar-refractivity contribution in [2.24, 2.45) is 5.73 Å². The van der Waals surface area contributed by atoms with Crippen molar-refractivity contribution in [3.05, 3.63) is 18.2 Å². The minimum Gasteiger partial charge on any atom is -0.330 e. The maximum atomic E-state index is 5.89. The van der Waals surface area contributed by atoms with Crippen LogP contribution in [0.2, 0.25) is 0 Å². The van der Waals surface area contributed by atoms with Crippen molar-refractivity contribution in [1.29, 1.82) is 0 Å². The van der Waals surface area contributed by atoms with E-state index in [0.29, 0.717) is 6.04 Å². The zero-order valence-corrected chi connectivity index (χ0v) is 10.6. The average molecular weight is 227 g/mol. The van der Waals surface area contributed by atoms with Crippen molar-refractivity contribution in [3.63, 3.8) is 0 Å². The quantitative estimate of drug-likeness (QED) is 0.760. The second-order valence-electron chi connectivity index (χ2n) is 3.85. The van der Waals surface area contributed by atoms with E-state index < -0.39 is 0 Å². The third kappa shape index (κ3) is 3.54. The molecule has 0 saturated carbocycles. The zero-order valence-electron chi connectivity index (χ0n) is 9.81. The highest BCUT2D eigenvalue weighted by Gasteiger charge is 2.11. The molecule has 0 bridgehead atoms. The first-order valence-electron chi connectivity index (χ1n) is 5.51. The standard InChI is InChI=1S/C11H21N3S/c1-4-15-6-5-9(2)14-8-13-7-11(14)10(3)12/h7-10H,4-6,12H2,1-3H3/t9?,10-/m1/s1. The van der Waals surface area contributed by atoms with Crippen LogP contribution in [0.25, 0.3) is 0 Å². The van der Waals surface area contributed by atoms with Gasteiger partial charge in [0.2, 0.25) is 0 Å². The molecule has 0 amide bonds. The van der Waals surface area contributed by atoms with E-state index in [0.717, 1.165) is 5.69 Å². The molecule has 2 N–H and O–H groups in total. The van der Waals surface area contributed by atoms with Crippen molar-refractivity contribution in [2.45, 2.75) is 39.3 Å². The summed E-state index contributed by atoms with van der Waals surface area (Å²) in [6.07, 6.45) is 4.93. The topological polar surface area (TPSA) is 43.8 Å². The lowest BCUT2D eigenvalue weighted by atomic mass is 10.2. The van der Waals surface area contributed by atoms with Gasteiger partial charge in [-0.25, -0.2) is 4.98 Å². The average Bonchev–Trinajstić information content (AvgIpc) is 2.66. The van der Waals surface area contributed by atoms with Gasteiger partial charge in [0.05, 0.1) is 12.0 Å². The second-order valence-corrected chi connectivity index (χ2v) is 5.24. The highest BCUT2D eigenvalue weighted by Crippen LogP contribution is 2.19. The van der Waals surface area contributed by atoms with Crippen LogP contribution in [-0.4, -0.2) is 21.1 Å². The smallest absolute Gasteiger partial charge is 0.0951 e. The predicted octanol–water partition coefficient (Wildman–Crippen LogP) is 2.61. The molecule has 1 aromatic heterocycles. The molecule has 0 fully saturated rings. The van der Waals surface area contributed by atoms with Crippen molar-refractivity contribution in [1.82, 2.24) is 9.55 Å². The Hall–Kier alpha value is -0.480. The lowest BCUT2D eigenvalue weighted by molar-refractivity contribution is 0.502. The van der Waals surface area contributed by atoms with Crippen LogP contribution in [0.1, 0.15) is 45.0 Å². The van der Waals surface area contributed by atoms with Gasteiger partial charge in [-0.2, -0.15) is 11.8 Å². The number of nitrogens with two attached hydrogens (primary N) is 1. The molecular formula is C11H21N3S.